The Morgan fingerprint density at radius 2 is 1.44 bits per heavy atom. The van der Waals surface area contributed by atoms with Gasteiger partial charge in [0.05, 0.1) is 17.9 Å². The lowest BCUT2D eigenvalue weighted by molar-refractivity contribution is -0.172. The first-order valence-electron chi connectivity index (χ1n) is 9.99. The number of amides is 2. The molecule has 0 N–H and O–H groups in total. The minimum absolute atomic E-state index is 0.0371. The molecule has 0 spiro atoms. The van der Waals surface area contributed by atoms with Crippen molar-refractivity contribution in [1.82, 2.24) is 0 Å². The van der Waals surface area contributed by atoms with Gasteiger partial charge in [-0.1, -0.05) is 54.6 Å². The fourth-order valence-corrected chi connectivity index (χ4v) is 3.62. The topological polar surface area (TPSA) is 90.0 Å². The Balaban J connectivity index is 1.94. The number of carbonyl (C=O) groups is 4. The molecular formula is C25H19NO6. The molecule has 0 fully saturated rings. The van der Waals surface area contributed by atoms with Crippen LogP contribution in [0.25, 0.3) is 0 Å². The average Bonchev–Trinajstić information content (AvgIpc) is 2.83. The van der Waals surface area contributed by atoms with Crippen LogP contribution in [0.2, 0.25) is 0 Å². The Morgan fingerprint density at radius 1 is 0.844 bits per heavy atom. The maximum atomic E-state index is 13.8. The molecule has 7 heteroatoms. The average molecular weight is 429 g/mol. The second-order valence-electron chi connectivity index (χ2n) is 6.98. The zero-order chi connectivity index (χ0) is 22.7. The van der Waals surface area contributed by atoms with Gasteiger partial charge in [-0.15, -0.1) is 0 Å². The molecule has 0 saturated heterocycles. The normalized spacial score (nSPS) is 17.5. The number of carbonyl (C=O) groups excluding carboxylic acids is 4. The Labute approximate surface area is 184 Å². The Bertz CT molecular complexity index is 1190. The summed E-state index contributed by atoms with van der Waals surface area (Å²) in [6.45, 7) is 1.52. The van der Waals surface area contributed by atoms with Gasteiger partial charge in [-0.05, 0) is 37.3 Å². The third kappa shape index (κ3) is 3.33. The highest BCUT2D eigenvalue weighted by Crippen LogP contribution is 2.40. The lowest BCUT2D eigenvalue weighted by Crippen LogP contribution is -2.61. The maximum absolute atomic E-state index is 13.8. The monoisotopic (exact) mass is 429 g/mol. The van der Waals surface area contributed by atoms with Gasteiger partial charge in [0.1, 0.15) is 0 Å². The number of imide groups is 1. The predicted octanol–water partition coefficient (Wildman–Crippen LogP) is 3.49. The number of hydrogen-bond acceptors (Lipinski definition) is 6. The summed E-state index contributed by atoms with van der Waals surface area (Å²) in [4.78, 5) is 54.2. The number of rotatable bonds is 5. The lowest BCUT2D eigenvalue weighted by atomic mass is 9.83. The Kier molecular flexibility index (Phi) is 5.55. The van der Waals surface area contributed by atoms with Crippen molar-refractivity contribution in [3.8, 4) is 0 Å². The number of para-hydroxylation sites is 1. The van der Waals surface area contributed by atoms with Gasteiger partial charge in [0.15, 0.2) is 0 Å². The summed E-state index contributed by atoms with van der Waals surface area (Å²) in [6, 6.07) is 22.2. The molecule has 1 aliphatic heterocycles. The van der Waals surface area contributed by atoms with Crippen LogP contribution >= 0.6 is 0 Å². The van der Waals surface area contributed by atoms with Crippen LogP contribution in [0.3, 0.4) is 0 Å². The van der Waals surface area contributed by atoms with E-state index in [-0.39, 0.29) is 29.0 Å². The molecule has 3 aromatic rings. The zero-order valence-electron chi connectivity index (χ0n) is 17.2. The van der Waals surface area contributed by atoms with Crippen LogP contribution in [0.4, 0.5) is 5.69 Å². The highest BCUT2D eigenvalue weighted by Gasteiger charge is 2.61. The molecule has 7 nitrogen and oxygen atoms in total. The number of hydrogen-bond donors (Lipinski definition) is 0. The first kappa shape index (κ1) is 21.0. The number of benzene rings is 3. The Hall–Kier alpha value is -4.26. The van der Waals surface area contributed by atoms with Gasteiger partial charge in [0.25, 0.3) is 11.8 Å². The quantitative estimate of drug-likeness (QED) is 0.350. The minimum Gasteiger partial charge on any atom is -0.462 e. The standard InChI is InChI=1S/C25H19NO6/c1-2-31-24(30)25(32-22(28)17-11-5-3-6-12-17)20-16-10-9-15-19(20)21(27)26(23(25)29)18-13-7-4-8-14-18/h3-16H,2H2,1H3. The summed E-state index contributed by atoms with van der Waals surface area (Å²) in [7, 11) is 0. The van der Waals surface area contributed by atoms with Crippen LogP contribution in [-0.2, 0) is 24.7 Å². The molecule has 3 aromatic carbocycles. The summed E-state index contributed by atoms with van der Waals surface area (Å²) in [5, 5.41) is 0. The molecule has 1 atom stereocenters. The number of ether oxygens (including phenoxy) is 2. The smallest absolute Gasteiger partial charge is 0.365 e. The highest BCUT2D eigenvalue weighted by atomic mass is 16.6. The van der Waals surface area contributed by atoms with Gasteiger partial charge in [-0.3, -0.25) is 9.59 Å². The van der Waals surface area contributed by atoms with E-state index in [0.717, 1.165) is 4.90 Å². The largest absolute Gasteiger partial charge is 0.462 e. The summed E-state index contributed by atoms with van der Waals surface area (Å²) in [5.74, 6) is -3.62. The van der Waals surface area contributed by atoms with Gasteiger partial charge >= 0.3 is 17.5 Å². The van der Waals surface area contributed by atoms with E-state index in [9.17, 15) is 19.2 Å². The molecule has 32 heavy (non-hydrogen) atoms. The first-order valence-corrected chi connectivity index (χ1v) is 9.99. The molecule has 0 bridgehead atoms. The molecular weight excluding hydrogens is 410 g/mol. The summed E-state index contributed by atoms with van der Waals surface area (Å²) in [5.41, 5.74) is -2.08. The maximum Gasteiger partial charge on any atom is 0.365 e. The molecule has 4 rings (SSSR count). The fraction of sp³-hybridized carbons (Fsp3) is 0.120. The molecule has 2 amide bonds. The third-order valence-corrected chi connectivity index (χ3v) is 5.08. The van der Waals surface area contributed by atoms with Gasteiger partial charge in [0.2, 0.25) is 0 Å². The number of nitrogens with zero attached hydrogens (tertiary/aromatic N) is 1. The van der Waals surface area contributed by atoms with Crippen molar-refractivity contribution >= 4 is 29.4 Å². The van der Waals surface area contributed by atoms with E-state index in [4.69, 9.17) is 9.47 Å². The molecule has 0 aromatic heterocycles. The fourth-order valence-electron chi connectivity index (χ4n) is 3.62. The van der Waals surface area contributed by atoms with Gasteiger partial charge in [-0.25, -0.2) is 14.5 Å². The summed E-state index contributed by atoms with van der Waals surface area (Å²) in [6.07, 6.45) is 0. The van der Waals surface area contributed by atoms with Crippen molar-refractivity contribution in [2.45, 2.75) is 12.5 Å². The first-order chi connectivity index (χ1) is 15.5. The molecule has 0 aliphatic carbocycles. The van der Waals surface area contributed by atoms with Crippen molar-refractivity contribution in [3.63, 3.8) is 0 Å². The van der Waals surface area contributed by atoms with Gasteiger partial charge in [0, 0.05) is 11.1 Å². The Morgan fingerprint density at radius 3 is 2.09 bits per heavy atom. The second kappa shape index (κ2) is 8.47. The molecule has 1 aliphatic rings. The van der Waals surface area contributed by atoms with Crippen LogP contribution in [0, 0.1) is 0 Å². The number of fused-ring (bicyclic) bond motifs is 1. The second-order valence-corrected chi connectivity index (χ2v) is 6.98. The van der Waals surface area contributed by atoms with Crippen LogP contribution in [-0.4, -0.2) is 30.4 Å². The van der Waals surface area contributed by atoms with Crippen LogP contribution in [0.1, 0.15) is 33.2 Å². The number of esters is 2. The van der Waals surface area contributed by atoms with E-state index in [1.54, 1.807) is 67.6 Å². The van der Waals surface area contributed by atoms with E-state index in [1.165, 1.54) is 24.3 Å². The van der Waals surface area contributed by atoms with E-state index in [2.05, 4.69) is 0 Å². The summed E-state index contributed by atoms with van der Waals surface area (Å²) < 4.78 is 10.9. The van der Waals surface area contributed by atoms with Crippen molar-refractivity contribution in [2.75, 3.05) is 11.5 Å². The molecule has 0 radical (unpaired) electrons. The lowest BCUT2D eigenvalue weighted by Gasteiger charge is -2.39. The van der Waals surface area contributed by atoms with Crippen LogP contribution < -0.4 is 4.90 Å². The van der Waals surface area contributed by atoms with Crippen molar-refractivity contribution in [2.24, 2.45) is 0 Å². The molecule has 0 saturated carbocycles. The summed E-state index contributed by atoms with van der Waals surface area (Å²) >= 11 is 0. The van der Waals surface area contributed by atoms with Crippen molar-refractivity contribution in [1.29, 1.82) is 0 Å². The van der Waals surface area contributed by atoms with Gasteiger partial charge in [-0.2, -0.15) is 0 Å². The molecule has 160 valence electrons. The van der Waals surface area contributed by atoms with Crippen LogP contribution in [0.15, 0.2) is 84.9 Å². The van der Waals surface area contributed by atoms with E-state index in [1.807, 2.05) is 0 Å². The van der Waals surface area contributed by atoms with Gasteiger partial charge < -0.3 is 9.47 Å². The molecule has 1 unspecified atom stereocenters. The molecule has 1 heterocycles. The van der Waals surface area contributed by atoms with Crippen molar-refractivity contribution in [3.05, 3.63) is 102 Å². The van der Waals surface area contributed by atoms with Crippen LogP contribution in [0.5, 0.6) is 0 Å². The van der Waals surface area contributed by atoms with E-state index >= 15 is 0 Å². The van der Waals surface area contributed by atoms with E-state index in [0.29, 0.717) is 0 Å². The predicted molar refractivity (Wildman–Crippen MR) is 115 cm³/mol. The number of anilines is 1. The third-order valence-electron chi connectivity index (χ3n) is 5.08. The van der Waals surface area contributed by atoms with E-state index < -0.39 is 29.4 Å². The minimum atomic E-state index is -2.48. The van der Waals surface area contributed by atoms with Crippen molar-refractivity contribution < 1.29 is 28.7 Å². The zero-order valence-corrected chi connectivity index (χ0v) is 17.2. The highest BCUT2D eigenvalue weighted by molar-refractivity contribution is 6.32. The SMILES string of the molecule is CCOC(=O)C1(OC(=O)c2ccccc2)C(=O)N(c2ccccc2)C(=O)c2ccccc21.